The summed E-state index contributed by atoms with van der Waals surface area (Å²) < 4.78 is 5.54. The molecule has 3 rings (SSSR count). The van der Waals surface area contributed by atoms with Crippen LogP contribution in [0.4, 0.5) is 11.6 Å². The number of hydrogen-bond donors (Lipinski definition) is 1. The number of aromatic nitrogens is 2. The van der Waals surface area contributed by atoms with Gasteiger partial charge in [0.1, 0.15) is 5.75 Å². The molecular weight excluding hydrogens is 352 g/mol. The molecule has 28 heavy (non-hydrogen) atoms. The summed E-state index contributed by atoms with van der Waals surface area (Å²) in [6.45, 7) is 5.96. The van der Waals surface area contributed by atoms with Gasteiger partial charge in [-0.15, -0.1) is 0 Å². The van der Waals surface area contributed by atoms with Crippen molar-refractivity contribution in [3.05, 3.63) is 78.1 Å². The molecule has 1 heterocycles. The molecule has 0 radical (unpaired) electrons. The molecule has 0 bridgehead atoms. The number of anilines is 2. The van der Waals surface area contributed by atoms with E-state index < -0.39 is 0 Å². The van der Waals surface area contributed by atoms with Crippen molar-refractivity contribution in [3.63, 3.8) is 0 Å². The summed E-state index contributed by atoms with van der Waals surface area (Å²) >= 11 is 0. The van der Waals surface area contributed by atoms with E-state index in [1.165, 1.54) is 5.56 Å². The van der Waals surface area contributed by atoms with Crippen LogP contribution in [-0.4, -0.2) is 29.0 Å². The largest absolute Gasteiger partial charge is 0.492 e. The van der Waals surface area contributed by atoms with Crippen molar-refractivity contribution in [2.75, 3.05) is 23.4 Å². The number of ether oxygens (including phenoxy) is 1. The Labute approximate surface area is 165 Å². The van der Waals surface area contributed by atoms with Crippen molar-refractivity contribution < 1.29 is 9.53 Å². The van der Waals surface area contributed by atoms with Crippen LogP contribution in [-0.2, 0) is 6.54 Å². The standard InChI is InChI=1S/C22H24N4O2/c1-3-26(16-17-10-6-5-7-11-17)22-23-14-18(15-24-22)21(27)25-19-12-8-9-13-20(19)28-4-2/h5-15H,3-4,16H2,1-2H3,(H,25,27). The molecule has 144 valence electrons. The normalized spacial score (nSPS) is 10.4. The van der Waals surface area contributed by atoms with Crippen molar-refractivity contribution in [2.24, 2.45) is 0 Å². The number of para-hydroxylation sites is 2. The van der Waals surface area contributed by atoms with E-state index in [9.17, 15) is 4.79 Å². The summed E-state index contributed by atoms with van der Waals surface area (Å²) in [6.07, 6.45) is 3.10. The minimum absolute atomic E-state index is 0.273. The van der Waals surface area contributed by atoms with Gasteiger partial charge in [0.25, 0.3) is 5.91 Å². The van der Waals surface area contributed by atoms with Gasteiger partial charge in [-0.1, -0.05) is 42.5 Å². The fourth-order valence-electron chi connectivity index (χ4n) is 2.78. The lowest BCUT2D eigenvalue weighted by atomic mass is 10.2. The van der Waals surface area contributed by atoms with E-state index in [4.69, 9.17) is 4.74 Å². The highest BCUT2D eigenvalue weighted by Gasteiger charge is 2.13. The molecule has 0 fully saturated rings. The fraction of sp³-hybridized carbons (Fsp3) is 0.227. The highest BCUT2D eigenvalue weighted by atomic mass is 16.5. The van der Waals surface area contributed by atoms with Gasteiger partial charge < -0.3 is 15.0 Å². The molecule has 0 saturated heterocycles. The zero-order valence-electron chi connectivity index (χ0n) is 16.1. The Kier molecular flexibility index (Phi) is 6.57. The Hall–Kier alpha value is -3.41. The average Bonchev–Trinajstić information content (AvgIpc) is 2.74. The monoisotopic (exact) mass is 376 g/mol. The van der Waals surface area contributed by atoms with Gasteiger partial charge in [-0.05, 0) is 31.5 Å². The zero-order chi connectivity index (χ0) is 19.8. The van der Waals surface area contributed by atoms with Crippen LogP contribution >= 0.6 is 0 Å². The van der Waals surface area contributed by atoms with E-state index in [0.717, 1.165) is 6.54 Å². The number of rotatable bonds is 8. The molecule has 0 unspecified atom stereocenters. The number of hydrogen-bond acceptors (Lipinski definition) is 5. The van der Waals surface area contributed by atoms with Gasteiger partial charge in [0.05, 0.1) is 17.9 Å². The first-order valence-electron chi connectivity index (χ1n) is 9.35. The second kappa shape index (κ2) is 9.50. The molecule has 1 amide bonds. The third kappa shape index (κ3) is 4.85. The molecule has 0 aliphatic rings. The van der Waals surface area contributed by atoms with Crippen molar-refractivity contribution in [3.8, 4) is 5.75 Å². The predicted molar refractivity (Wildman–Crippen MR) is 111 cm³/mol. The molecule has 1 N–H and O–H groups in total. The lowest BCUT2D eigenvalue weighted by molar-refractivity contribution is 0.102. The van der Waals surface area contributed by atoms with E-state index in [1.54, 1.807) is 18.5 Å². The predicted octanol–water partition coefficient (Wildman–Crippen LogP) is 4.15. The Morgan fingerprint density at radius 3 is 2.36 bits per heavy atom. The maximum Gasteiger partial charge on any atom is 0.258 e. The quantitative estimate of drug-likeness (QED) is 0.640. The smallest absolute Gasteiger partial charge is 0.258 e. The highest BCUT2D eigenvalue weighted by molar-refractivity contribution is 6.04. The van der Waals surface area contributed by atoms with Gasteiger partial charge in [0.2, 0.25) is 5.95 Å². The topological polar surface area (TPSA) is 67.3 Å². The van der Waals surface area contributed by atoms with Crippen LogP contribution < -0.4 is 15.0 Å². The summed E-state index contributed by atoms with van der Waals surface area (Å²) in [5.41, 5.74) is 2.20. The van der Waals surface area contributed by atoms with Crippen LogP contribution in [0.15, 0.2) is 67.0 Å². The van der Waals surface area contributed by atoms with Crippen LogP contribution in [0.1, 0.15) is 29.8 Å². The van der Waals surface area contributed by atoms with Crippen molar-refractivity contribution in [2.45, 2.75) is 20.4 Å². The lowest BCUT2D eigenvalue weighted by Crippen LogP contribution is -2.24. The maximum absolute atomic E-state index is 12.6. The minimum atomic E-state index is -0.273. The van der Waals surface area contributed by atoms with Gasteiger partial charge in [0, 0.05) is 25.5 Å². The lowest BCUT2D eigenvalue weighted by Gasteiger charge is -2.20. The van der Waals surface area contributed by atoms with Crippen LogP contribution in [0.3, 0.4) is 0 Å². The molecule has 0 saturated carbocycles. The van der Waals surface area contributed by atoms with Crippen LogP contribution in [0.5, 0.6) is 5.75 Å². The number of nitrogens with zero attached hydrogens (tertiary/aromatic N) is 3. The first kappa shape index (κ1) is 19.4. The zero-order valence-corrected chi connectivity index (χ0v) is 16.1. The van der Waals surface area contributed by atoms with E-state index in [1.807, 2.05) is 43.3 Å². The summed E-state index contributed by atoms with van der Waals surface area (Å²) in [5, 5.41) is 2.86. The summed E-state index contributed by atoms with van der Waals surface area (Å²) in [6, 6.07) is 17.5. The molecule has 6 heteroatoms. The SMILES string of the molecule is CCOc1ccccc1NC(=O)c1cnc(N(CC)Cc2ccccc2)nc1. The molecule has 0 aliphatic heterocycles. The number of amides is 1. The molecule has 3 aromatic rings. The van der Waals surface area contributed by atoms with Crippen molar-refractivity contribution >= 4 is 17.5 Å². The van der Waals surface area contributed by atoms with Gasteiger partial charge in [-0.2, -0.15) is 0 Å². The van der Waals surface area contributed by atoms with E-state index in [-0.39, 0.29) is 5.91 Å². The van der Waals surface area contributed by atoms with Crippen LogP contribution in [0.2, 0.25) is 0 Å². The summed E-state index contributed by atoms with van der Waals surface area (Å²) in [7, 11) is 0. The van der Waals surface area contributed by atoms with Gasteiger partial charge >= 0.3 is 0 Å². The number of carbonyl (C=O) groups is 1. The first-order chi connectivity index (χ1) is 13.7. The van der Waals surface area contributed by atoms with Crippen molar-refractivity contribution in [1.29, 1.82) is 0 Å². The number of nitrogens with one attached hydrogen (secondary N) is 1. The second-order valence-electron chi connectivity index (χ2n) is 6.15. The Balaban J connectivity index is 1.70. The van der Waals surface area contributed by atoms with E-state index >= 15 is 0 Å². The van der Waals surface area contributed by atoms with Gasteiger partial charge in [-0.3, -0.25) is 4.79 Å². The van der Waals surface area contributed by atoms with E-state index in [2.05, 4.69) is 39.2 Å². The van der Waals surface area contributed by atoms with E-state index in [0.29, 0.717) is 36.1 Å². The Morgan fingerprint density at radius 2 is 1.68 bits per heavy atom. The average molecular weight is 376 g/mol. The first-order valence-corrected chi connectivity index (χ1v) is 9.35. The fourth-order valence-corrected chi connectivity index (χ4v) is 2.78. The molecule has 0 spiro atoms. The van der Waals surface area contributed by atoms with Crippen LogP contribution in [0, 0.1) is 0 Å². The number of benzene rings is 2. The molecule has 0 atom stereocenters. The van der Waals surface area contributed by atoms with Gasteiger partial charge in [-0.25, -0.2) is 9.97 Å². The third-order valence-electron chi connectivity index (χ3n) is 4.22. The minimum Gasteiger partial charge on any atom is -0.492 e. The molecule has 6 nitrogen and oxygen atoms in total. The van der Waals surface area contributed by atoms with Crippen molar-refractivity contribution in [1.82, 2.24) is 9.97 Å². The Bertz CT molecular complexity index is 898. The molecular formula is C22H24N4O2. The number of carbonyl (C=O) groups excluding carboxylic acids is 1. The highest BCUT2D eigenvalue weighted by Crippen LogP contribution is 2.24. The Morgan fingerprint density at radius 1 is 1.00 bits per heavy atom. The molecule has 1 aromatic heterocycles. The summed E-state index contributed by atoms with van der Waals surface area (Å²) in [5.74, 6) is 0.957. The maximum atomic E-state index is 12.6. The summed E-state index contributed by atoms with van der Waals surface area (Å²) in [4.78, 5) is 23.4. The van der Waals surface area contributed by atoms with Crippen LogP contribution in [0.25, 0.3) is 0 Å². The third-order valence-corrected chi connectivity index (χ3v) is 4.22. The van der Waals surface area contributed by atoms with Gasteiger partial charge in [0.15, 0.2) is 0 Å². The molecule has 0 aliphatic carbocycles. The second-order valence-corrected chi connectivity index (χ2v) is 6.15. The molecule has 2 aromatic carbocycles.